The Morgan fingerprint density at radius 3 is 2.43 bits per heavy atom. The predicted molar refractivity (Wildman–Crippen MR) is 104 cm³/mol. The van der Waals surface area contributed by atoms with Crippen LogP contribution in [0.4, 0.5) is 11.4 Å². The number of para-hydroxylation sites is 2. The number of nitrogens with one attached hydrogen (secondary N) is 2. The molecule has 0 bridgehead atoms. The summed E-state index contributed by atoms with van der Waals surface area (Å²) in [7, 11) is -3.63. The maximum absolute atomic E-state index is 12.2. The minimum absolute atomic E-state index is 0.0137. The molecule has 2 aromatic rings. The average Bonchev–Trinajstić information content (AvgIpc) is 2.66. The van der Waals surface area contributed by atoms with Crippen LogP contribution in [0.25, 0.3) is 0 Å². The van der Waals surface area contributed by atoms with E-state index in [2.05, 4.69) is 10.0 Å². The number of hydrogen-bond donors (Lipinski definition) is 2. The normalized spacial score (nSPS) is 12.2. The van der Waals surface area contributed by atoms with Crippen LogP contribution in [0.15, 0.2) is 53.4 Å². The summed E-state index contributed by atoms with van der Waals surface area (Å²) in [5.41, 5.74) is 0.136. The van der Waals surface area contributed by atoms with Gasteiger partial charge in [0.25, 0.3) is 5.91 Å². The topological polar surface area (TPSA) is 128 Å². The van der Waals surface area contributed by atoms with Crippen LogP contribution in [-0.2, 0) is 14.8 Å². The van der Waals surface area contributed by atoms with Gasteiger partial charge in [0.2, 0.25) is 10.0 Å². The molecule has 0 aliphatic heterocycles. The third-order valence-corrected chi connectivity index (χ3v) is 5.44. The van der Waals surface area contributed by atoms with E-state index in [1.54, 1.807) is 13.0 Å². The molecule has 0 radical (unpaired) electrons. The van der Waals surface area contributed by atoms with E-state index in [9.17, 15) is 23.3 Å². The number of sulfonamides is 1. The van der Waals surface area contributed by atoms with Crippen molar-refractivity contribution in [2.75, 3.05) is 11.9 Å². The van der Waals surface area contributed by atoms with Gasteiger partial charge in [0.1, 0.15) is 0 Å². The van der Waals surface area contributed by atoms with Gasteiger partial charge in [-0.3, -0.25) is 14.9 Å². The second-order valence-electron chi connectivity index (χ2n) is 6.02. The quantitative estimate of drug-likeness (QED) is 0.486. The molecule has 0 aliphatic rings. The number of carbonyl (C=O) groups excluding carboxylic acids is 1. The zero-order chi connectivity index (χ0) is 20.7. The number of amides is 1. The SMILES string of the molecule is CCC(C)NS(=O)(=O)c1ccc(NC(=O)COc2ccccc2[N+](=O)[O-])cc1. The van der Waals surface area contributed by atoms with Gasteiger partial charge >= 0.3 is 5.69 Å². The molecule has 28 heavy (non-hydrogen) atoms. The first-order valence-electron chi connectivity index (χ1n) is 8.51. The highest BCUT2D eigenvalue weighted by atomic mass is 32.2. The summed E-state index contributed by atoms with van der Waals surface area (Å²) in [4.78, 5) is 22.4. The summed E-state index contributed by atoms with van der Waals surface area (Å²) in [6.45, 7) is 3.21. The second kappa shape index (κ2) is 9.29. The molecule has 0 fully saturated rings. The smallest absolute Gasteiger partial charge is 0.310 e. The molecule has 0 aliphatic carbocycles. The molecular weight excluding hydrogens is 386 g/mol. The van der Waals surface area contributed by atoms with E-state index in [0.717, 1.165) is 0 Å². The Labute approximate surface area is 162 Å². The molecule has 2 aromatic carbocycles. The van der Waals surface area contributed by atoms with Gasteiger partial charge in [-0.15, -0.1) is 0 Å². The zero-order valence-corrected chi connectivity index (χ0v) is 16.2. The molecule has 150 valence electrons. The molecule has 2 rings (SSSR count). The molecule has 0 aromatic heterocycles. The molecular formula is C18H21N3O6S. The van der Waals surface area contributed by atoms with E-state index in [1.807, 2.05) is 6.92 Å². The Bertz CT molecular complexity index is 944. The number of nitrogens with zero attached hydrogens (tertiary/aromatic N) is 1. The summed E-state index contributed by atoms with van der Waals surface area (Å²) >= 11 is 0. The van der Waals surface area contributed by atoms with Crippen molar-refractivity contribution in [2.45, 2.75) is 31.2 Å². The van der Waals surface area contributed by atoms with E-state index < -0.39 is 27.5 Å². The van der Waals surface area contributed by atoms with Crippen molar-refractivity contribution >= 4 is 27.3 Å². The van der Waals surface area contributed by atoms with Crippen LogP contribution in [0.2, 0.25) is 0 Å². The highest BCUT2D eigenvalue weighted by Gasteiger charge is 2.17. The maximum atomic E-state index is 12.2. The Morgan fingerprint density at radius 1 is 1.18 bits per heavy atom. The summed E-state index contributed by atoms with van der Waals surface area (Å²) in [6, 6.07) is 11.2. The van der Waals surface area contributed by atoms with Crippen LogP contribution >= 0.6 is 0 Å². The lowest BCUT2D eigenvalue weighted by Crippen LogP contribution is -2.32. The number of hydrogen-bond acceptors (Lipinski definition) is 6. The number of ether oxygens (including phenoxy) is 1. The summed E-state index contributed by atoms with van der Waals surface area (Å²) in [5.74, 6) is -0.549. The van der Waals surface area contributed by atoms with E-state index >= 15 is 0 Å². The molecule has 0 heterocycles. The van der Waals surface area contributed by atoms with Gasteiger partial charge in [-0.25, -0.2) is 13.1 Å². The predicted octanol–water partition coefficient (Wildman–Crippen LogP) is 2.69. The van der Waals surface area contributed by atoms with E-state index in [0.29, 0.717) is 12.1 Å². The van der Waals surface area contributed by atoms with Crippen molar-refractivity contribution in [1.29, 1.82) is 0 Å². The van der Waals surface area contributed by atoms with Gasteiger partial charge in [-0.2, -0.15) is 0 Å². The fourth-order valence-corrected chi connectivity index (χ4v) is 3.53. The number of benzene rings is 2. The van der Waals surface area contributed by atoms with Gasteiger partial charge in [0.15, 0.2) is 12.4 Å². The molecule has 1 unspecified atom stereocenters. The van der Waals surface area contributed by atoms with Crippen molar-refractivity contribution in [3.05, 3.63) is 58.6 Å². The first-order chi connectivity index (χ1) is 13.2. The summed E-state index contributed by atoms with van der Waals surface area (Å²) < 4.78 is 32.2. The van der Waals surface area contributed by atoms with Crippen molar-refractivity contribution in [3.63, 3.8) is 0 Å². The third kappa shape index (κ3) is 5.76. The standard InChI is InChI=1S/C18H21N3O6S/c1-3-13(2)20-28(25,26)15-10-8-14(9-11-15)19-18(22)12-27-17-7-5-4-6-16(17)21(23)24/h4-11,13,20H,3,12H2,1-2H3,(H,19,22). The Kier molecular flexibility index (Phi) is 7.07. The number of nitro groups is 1. The maximum Gasteiger partial charge on any atom is 0.310 e. The van der Waals surface area contributed by atoms with Crippen LogP contribution in [-0.4, -0.2) is 31.9 Å². The van der Waals surface area contributed by atoms with Gasteiger partial charge in [0.05, 0.1) is 9.82 Å². The lowest BCUT2D eigenvalue weighted by molar-refractivity contribution is -0.385. The van der Waals surface area contributed by atoms with Crippen LogP contribution in [0.3, 0.4) is 0 Å². The number of rotatable bonds is 9. The second-order valence-corrected chi connectivity index (χ2v) is 7.73. The molecule has 9 nitrogen and oxygen atoms in total. The lowest BCUT2D eigenvalue weighted by Gasteiger charge is -2.12. The molecule has 1 amide bonds. The van der Waals surface area contributed by atoms with Crippen LogP contribution in [0, 0.1) is 10.1 Å². The van der Waals surface area contributed by atoms with Gasteiger partial charge < -0.3 is 10.1 Å². The fraction of sp³-hybridized carbons (Fsp3) is 0.278. The molecule has 2 N–H and O–H groups in total. The Morgan fingerprint density at radius 2 is 1.82 bits per heavy atom. The average molecular weight is 407 g/mol. The minimum Gasteiger partial charge on any atom is -0.477 e. The number of anilines is 1. The first-order valence-corrected chi connectivity index (χ1v) is 9.99. The highest BCUT2D eigenvalue weighted by molar-refractivity contribution is 7.89. The molecule has 0 saturated carbocycles. The van der Waals surface area contributed by atoms with Gasteiger partial charge in [-0.05, 0) is 43.7 Å². The van der Waals surface area contributed by atoms with E-state index in [1.165, 1.54) is 42.5 Å². The highest BCUT2D eigenvalue weighted by Crippen LogP contribution is 2.25. The third-order valence-electron chi connectivity index (χ3n) is 3.84. The van der Waals surface area contributed by atoms with Crippen LogP contribution < -0.4 is 14.8 Å². The van der Waals surface area contributed by atoms with Crippen LogP contribution in [0.5, 0.6) is 5.75 Å². The Balaban J connectivity index is 1.97. The number of carbonyl (C=O) groups is 1. The monoisotopic (exact) mass is 407 g/mol. The number of nitro benzene ring substituents is 1. The Hall–Kier alpha value is -2.98. The summed E-state index contributed by atoms with van der Waals surface area (Å²) in [5, 5.41) is 13.5. The summed E-state index contributed by atoms with van der Waals surface area (Å²) in [6.07, 6.45) is 0.660. The zero-order valence-electron chi connectivity index (χ0n) is 15.4. The minimum atomic E-state index is -3.63. The van der Waals surface area contributed by atoms with E-state index in [4.69, 9.17) is 4.74 Å². The van der Waals surface area contributed by atoms with Crippen molar-refractivity contribution in [2.24, 2.45) is 0 Å². The first kappa shape index (κ1) is 21.3. The molecule has 0 spiro atoms. The van der Waals surface area contributed by atoms with E-state index in [-0.39, 0.29) is 22.4 Å². The van der Waals surface area contributed by atoms with Crippen molar-refractivity contribution in [3.8, 4) is 5.75 Å². The largest absolute Gasteiger partial charge is 0.477 e. The molecule has 1 atom stereocenters. The van der Waals surface area contributed by atoms with Crippen molar-refractivity contribution < 1.29 is 22.9 Å². The van der Waals surface area contributed by atoms with Crippen molar-refractivity contribution in [1.82, 2.24) is 4.72 Å². The molecule has 10 heteroatoms. The van der Waals surface area contributed by atoms with Gasteiger partial charge in [0, 0.05) is 17.8 Å². The lowest BCUT2D eigenvalue weighted by atomic mass is 10.3. The van der Waals surface area contributed by atoms with Gasteiger partial charge in [-0.1, -0.05) is 19.1 Å². The van der Waals surface area contributed by atoms with Crippen LogP contribution in [0.1, 0.15) is 20.3 Å². The molecule has 0 saturated heterocycles. The fourth-order valence-electron chi connectivity index (χ4n) is 2.20.